The molecule has 0 amide bonds. The van der Waals surface area contributed by atoms with E-state index in [9.17, 15) is 8.78 Å². The van der Waals surface area contributed by atoms with E-state index in [1.165, 1.54) is 0 Å². The van der Waals surface area contributed by atoms with E-state index in [0.717, 1.165) is 15.5 Å². The van der Waals surface area contributed by atoms with Crippen LogP contribution in [0.15, 0.2) is 24.3 Å². The topological polar surface area (TPSA) is 4.93 Å². The zero-order valence-corrected chi connectivity index (χ0v) is 8.09. The smallest absolute Gasteiger partial charge is 0.289 e. The monoisotopic (exact) mass is 195 g/mol. The minimum Gasteiger partial charge on any atom is -0.289 e. The van der Waals surface area contributed by atoms with Gasteiger partial charge in [0.05, 0.1) is 5.52 Å². The fraction of sp³-hybridized carbons (Fsp3) is 0.273. The summed E-state index contributed by atoms with van der Waals surface area (Å²) >= 11 is 0. The maximum Gasteiger partial charge on any atom is 0.319 e. The lowest BCUT2D eigenvalue weighted by Gasteiger charge is -2.06. The van der Waals surface area contributed by atoms with Crippen LogP contribution in [0.1, 0.15) is 17.8 Å². The molecular weight excluding hydrogens is 184 g/mol. The van der Waals surface area contributed by atoms with Gasteiger partial charge < -0.3 is 0 Å². The third-order valence-corrected chi connectivity index (χ3v) is 2.39. The van der Waals surface area contributed by atoms with Crippen LogP contribution >= 0.6 is 0 Å². The van der Waals surface area contributed by atoms with Crippen molar-refractivity contribution < 1.29 is 8.78 Å². The van der Waals surface area contributed by atoms with Crippen LogP contribution < -0.4 is 0 Å². The molecule has 1 nitrogen and oxygen atoms in total. The number of fused-ring (bicyclic) bond motifs is 1. The zero-order valence-electron chi connectivity index (χ0n) is 8.09. The van der Waals surface area contributed by atoms with E-state index in [-0.39, 0.29) is 0 Å². The van der Waals surface area contributed by atoms with E-state index in [1.54, 1.807) is 19.1 Å². The summed E-state index contributed by atoms with van der Waals surface area (Å²) in [5.74, 6) is 0. The summed E-state index contributed by atoms with van der Waals surface area (Å²) in [6.07, 6.45) is 0. The third-order valence-electron chi connectivity index (χ3n) is 2.39. The van der Waals surface area contributed by atoms with Crippen molar-refractivity contribution in [2.45, 2.75) is 20.4 Å². The van der Waals surface area contributed by atoms with Gasteiger partial charge in [-0.05, 0) is 31.5 Å². The van der Waals surface area contributed by atoms with Crippen molar-refractivity contribution in [3.63, 3.8) is 0 Å². The number of aromatic nitrogens is 1. The molecule has 1 aromatic heterocycles. The molecule has 3 heteroatoms. The Hall–Kier alpha value is -1.38. The molecule has 74 valence electrons. The van der Waals surface area contributed by atoms with Crippen molar-refractivity contribution in [1.29, 1.82) is 0 Å². The van der Waals surface area contributed by atoms with Crippen LogP contribution in [0.5, 0.6) is 0 Å². The number of rotatable bonds is 1. The molecule has 0 fully saturated rings. The van der Waals surface area contributed by atoms with Crippen LogP contribution in [0.2, 0.25) is 0 Å². The van der Waals surface area contributed by atoms with Crippen LogP contribution in [0.25, 0.3) is 10.9 Å². The first-order chi connectivity index (χ1) is 6.59. The summed E-state index contributed by atoms with van der Waals surface area (Å²) in [6, 6.07) is 7.36. The molecule has 0 radical (unpaired) electrons. The lowest BCUT2D eigenvalue weighted by molar-refractivity contribution is 0.0732. The van der Waals surface area contributed by atoms with Gasteiger partial charge in [-0.25, -0.2) is 0 Å². The number of nitrogens with zero attached hydrogens (tertiary/aromatic N) is 1. The van der Waals surface area contributed by atoms with E-state index in [1.807, 2.05) is 19.1 Å². The summed E-state index contributed by atoms with van der Waals surface area (Å²) in [6.45, 7) is 1.13. The van der Waals surface area contributed by atoms with Crippen molar-refractivity contribution in [2.75, 3.05) is 0 Å². The van der Waals surface area contributed by atoms with Gasteiger partial charge in [0.15, 0.2) is 0 Å². The molecule has 1 heterocycles. The fourth-order valence-electron chi connectivity index (χ4n) is 1.73. The summed E-state index contributed by atoms with van der Waals surface area (Å²) in [4.78, 5) is 0. The number of halogens is 2. The molecule has 2 aromatic rings. The molecule has 0 N–H and O–H groups in total. The van der Waals surface area contributed by atoms with Crippen LogP contribution in [0, 0.1) is 13.8 Å². The Morgan fingerprint density at radius 2 is 1.86 bits per heavy atom. The highest BCUT2D eigenvalue weighted by Gasteiger charge is 2.12. The summed E-state index contributed by atoms with van der Waals surface area (Å²) < 4.78 is 26.4. The van der Waals surface area contributed by atoms with Crippen LogP contribution in [-0.4, -0.2) is 4.57 Å². The first kappa shape index (κ1) is 9.19. The molecule has 0 spiro atoms. The van der Waals surface area contributed by atoms with Gasteiger partial charge in [0, 0.05) is 11.1 Å². The first-order valence-electron chi connectivity index (χ1n) is 4.46. The first-order valence-corrected chi connectivity index (χ1v) is 4.46. The quantitative estimate of drug-likeness (QED) is 0.654. The number of benzene rings is 1. The van der Waals surface area contributed by atoms with Crippen molar-refractivity contribution in [1.82, 2.24) is 4.57 Å². The number of hydrogen-bond donors (Lipinski definition) is 0. The van der Waals surface area contributed by atoms with Crippen molar-refractivity contribution in [3.8, 4) is 0 Å². The van der Waals surface area contributed by atoms with Gasteiger partial charge in [0.1, 0.15) is 0 Å². The molecule has 14 heavy (non-hydrogen) atoms. The molecule has 1 aromatic carbocycles. The lowest BCUT2D eigenvalue weighted by atomic mass is 10.2. The van der Waals surface area contributed by atoms with E-state index >= 15 is 0 Å². The Bertz CT molecular complexity index is 471. The second-order valence-corrected chi connectivity index (χ2v) is 3.50. The Labute approximate surface area is 81.0 Å². The molecule has 0 saturated heterocycles. The largest absolute Gasteiger partial charge is 0.319 e. The van der Waals surface area contributed by atoms with Crippen molar-refractivity contribution in [3.05, 3.63) is 35.5 Å². The molecule has 0 saturated carbocycles. The van der Waals surface area contributed by atoms with E-state index < -0.39 is 6.55 Å². The van der Waals surface area contributed by atoms with Gasteiger partial charge in [0.2, 0.25) is 0 Å². The molecule has 0 bridgehead atoms. The van der Waals surface area contributed by atoms with Gasteiger partial charge in [-0.3, -0.25) is 4.57 Å². The molecule has 0 unspecified atom stereocenters. The molecular formula is C11H11F2N. The second-order valence-electron chi connectivity index (χ2n) is 3.50. The summed E-state index contributed by atoms with van der Waals surface area (Å²) in [5.41, 5.74) is 2.20. The standard InChI is InChI=1S/C11H11F2N/c1-7-3-4-9-6-8(2)14(11(12)13)10(9)5-7/h3-6,11H,1-2H3. The van der Waals surface area contributed by atoms with Crippen LogP contribution in [-0.2, 0) is 0 Å². The van der Waals surface area contributed by atoms with E-state index in [2.05, 4.69) is 0 Å². The normalized spacial score (nSPS) is 11.5. The minimum atomic E-state index is -2.46. The van der Waals surface area contributed by atoms with Gasteiger partial charge in [-0.15, -0.1) is 0 Å². The molecule has 2 rings (SSSR count). The van der Waals surface area contributed by atoms with Gasteiger partial charge in [0.25, 0.3) is 0 Å². The predicted molar refractivity (Wildman–Crippen MR) is 52.7 cm³/mol. The minimum absolute atomic E-state index is 0.598. The lowest BCUT2D eigenvalue weighted by Crippen LogP contribution is -1.99. The third kappa shape index (κ3) is 1.29. The molecule has 0 aliphatic heterocycles. The van der Waals surface area contributed by atoms with Gasteiger partial charge in [-0.2, -0.15) is 8.78 Å². The SMILES string of the molecule is Cc1ccc2cc(C)n(C(F)F)c2c1. The Balaban J connectivity index is 2.79. The Morgan fingerprint density at radius 3 is 2.50 bits per heavy atom. The maximum atomic E-state index is 12.7. The molecule has 0 atom stereocenters. The van der Waals surface area contributed by atoms with Gasteiger partial charge in [-0.1, -0.05) is 12.1 Å². The number of aryl methyl sites for hydroxylation is 2. The van der Waals surface area contributed by atoms with E-state index in [4.69, 9.17) is 0 Å². The van der Waals surface area contributed by atoms with Crippen molar-refractivity contribution in [2.24, 2.45) is 0 Å². The average molecular weight is 195 g/mol. The van der Waals surface area contributed by atoms with Crippen molar-refractivity contribution >= 4 is 10.9 Å². The highest BCUT2D eigenvalue weighted by Crippen LogP contribution is 2.25. The number of alkyl halides is 2. The molecule has 0 aliphatic carbocycles. The van der Waals surface area contributed by atoms with Gasteiger partial charge >= 0.3 is 6.55 Å². The van der Waals surface area contributed by atoms with E-state index in [0.29, 0.717) is 11.2 Å². The molecule has 0 aliphatic rings. The highest BCUT2D eigenvalue weighted by molar-refractivity contribution is 5.82. The van der Waals surface area contributed by atoms with Crippen LogP contribution in [0.3, 0.4) is 0 Å². The Kier molecular flexibility index (Phi) is 2.02. The average Bonchev–Trinajstić information content (AvgIpc) is 2.40. The predicted octanol–water partition coefficient (Wildman–Crippen LogP) is 3.65. The second kappa shape index (κ2) is 3.08. The highest BCUT2D eigenvalue weighted by atomic mass is 19.3. The summed E-state index contributed by atoms with van der Waals surface area (Å²) in [7, 11) is 0. The summed E-state index contributed by atoms with van der Waals surface area (Å²) in [5, 5.41) is 0.869. The Morgan fingerprint density at radius 1 is 1.14 bits per heavy atom. The maximum absolute atomic E-state index is 12.7. The fourth-order valence-corrected chi connectivity index (χ4v) is 1.73. The number of hydrogen-bond acceptors (Lipinski definition) is 0. The van der Waals surface area contributed by atoms with Crippen LogP contribution in [0.4, 0.5) is 8.78 Å². The zero-order chi connectivity index (χ0) is 10.3.